The minimum Gasteiger partial charge on any atom is -0.311 e. The Labute approximate surface area is 107 Å². The van der Waals surface area contributed by atoms with E-state index in [-0.39, 0.29) is 17.1 Å². The van der Waals surface area contributed by atoms with E-state index in [1.54, 1.807) is 11.0 Å². The van der Waals surface area contributed by atoms with Gasteiger partial charge in [-0.05, 0) is 40.5 Å². The molecular formula is C11H10BrClFNO. The van der Waals surface area contributed by atoms with Crippen LogP contribution >= 0.6 is 27.5 Å². The number of carbonyl (C=O) groups is 1. The standard InChI is InChI=1S/C11H10BrClFNO/c1-6-2-8(12)9(14)4-10(6)15-5-7(13)3-11(15)16/h2,4,7H,3,5H2,1H3. The highest BCUT2D eigenvalue weighted by atomic mass is 79.9. The van der Waals surface area contributed by atoms with Gasteiger partial charge in [0.15, 0.2) is 0 Å². The molecule has 1 atom stereocenters. The van der Waals surface area contributed by atoms with Crippen LogP contribution in [-0.2, 0) is 4.79 Å². The maximum Gasteiger partial charge on any atom is 0.228 e. The second-order valence-electron chi connectivity index (χ2n) is 3.86. The SMILES string of the molecule is Cc1cc(Br)c(F)cc1N1CC(Cl)CC1=O. The van der Waals surface area contributed by atoms with Crippen LogP contribution in [0.1, 0.15) is 12.0 Å². The highest BCUT2D eigenvalue weighted by Crippen LogP contribution is 2.30. The Morgan fingerprint density at radius 3 is 2.81 bits per heavy atom. The molecule has 2 rings (SSSR count). The lowest BCUT2D eigenvalue weighted by molar-refractivity contribution is -0.117. The van der Waals surface area contributed by atoms with Crippen LogP contribution in [0.25, 0.3) is 0 Å². The summed E-state index contributed by atoms with van der Waals surface area (Å²) in [7, 11) is 0. The first-order chi connectivity index (χ1) is 7.49. The largest absolute Gasteiger partial charge is 0.311 e. The van der Waals surface area contributed by atoms with Crippen molar-refractivity contribution in [3.05, 3.63) is 28.0 Å². The second kappa shape index (κ2) is 4.34. The number of nitrogens with zero attached hydrogens (tertiary/aromatic N) is 1. The van der Waals surface area contributed by atoms with Crippen LogP contribution in [0.4, 0.5) is 10.1 Å². The van der Waals surface area contributed by atoms with E-state index in [9.17, 15) is 9.18 Å². The van der Waals surface area contributed by atoms with Crippen molar-refractivity contribution in [2.75, 3.05) is 11.4 Å². The summed E-state index contributed by atoms with van der Waals surface area (Å²) in [4.78, 5) is 13.2. The van der Waals surface area contributed by atoms with Crippen molar-refractivity contribution in [2.24, 2.45) is 0 Å². The van der Waals surface area contributed by atoms with Gasteiger partial charge in [0, 0.05) is 18.7 Å². The summed E-state index contributed by atoms with van der Waals surface area (Å²) in [5.74, 6) is -0.420. The Morgan fingerprint density at radius 1 is 1.56 bits per heavy atom. The molecule has 0 aromatic heterocycles. The molecule has 0 saturated carbocycles. The van der Waals surface area contributed by atoms with Crippen LogP contribution < -0.4 is 4.90 Å². The Balaban J connectivity index is 2.41. The molecule has 1 aliphatic rings. The fourth-order valence-corrected chi connectivity index (χ4v) is 2.55. The molecular weight excluding hydrogens is 296 g/mol. The first-order valence-corrected chi connectivity index (χ1v) is 6.12. The summed E-state index contributed by atoms with van der Waals surface area (Å²) in [5.41, 5.74) is 1.46. The molecule has 1 aromatic rings. The molecule has 0 N–H and O–H groups in total. The first-order valence-electron chi connectivity index (χ1n) is 4.89. The van der Waals surface area contributed by atoms with Crippen LogP contribution in [0.3, 0.4) is 0 Å². The molecule has 1 unspecified atom stereocenters. The average molecular weight is 307 g/mol. The van der Waals surface area contributed by atoms with E-state index < -0.39 is 0 Å². The number of carbonyl (C=O) groups excluding carboxylic acids is 1. The zero-order chi connectivity index (χ0) is 11.9. The van der Waals surface area contributed by atoms with Crippen LogP contribution in [0.5, 0.6) is 0 Å². The molecule has 1 heterocycles. The topological polar surface area (TPSA) is 20.3 Å². The number of rotatable bonds is 1. The third kappa shape index (κ3) is 2.09. The first kappa shape index (κ1) is 11.9. The minimum atomic E-state index is -0.369. The summed E-state index contributed by atoms with van der Waals surface area (Å²) >= 11 is 9.02. The molecule has 1 aromatic carbocycles. The predicted molar refractivity (Wildman–Crippen MR) is 65.4 cm³/mol. The Morgan fingerprint density at radius 2 is 2.25 bits per heavy atom. The van der Waals surface area contributed by atoms with Gasteiger partial charge >= 0.3 is 0 Å². The van der Waals surface area contributed by atoms with E-state index in [1.165, 1.54) is 6.07 Å². The molecule has 2 nitrogen and oxygen atoms in total. The van der Waals surface area contributed by atoms with Gasteiger partial charge in [-0.15, -0.1) is 11.6 Å². The molecule has 1 fully saturated rings. The molecule has 0 aliphatic carbocycles. The van der Waals surface area contributed by atoms with Gasteiger partial charge in [-0.1, -0.05) is 0 Å². The number of amides is 1. The molecule has 0 spiro atoms. The fraction of sp³-hybridized carbons (Fsp3) is 0.364. The maximum atomic E-state index is 13.4. The van der Waals surface area contributed by atoms with Gasteiger partial charge in [0.05, 0.1) is 9.85 Å². The summed E-state index contributed by atoms with van der Waals surface area (Å²) in [6.45, 7) is 2.29. The van der Waals surface area contributed by atoms with E-state index in [0.717, 1.165) is 5.56 Å². The third-order valence-electron chi connectivity index (χ3n) is 2.61. The van der Waals surface area contributed by atoms with Gasteiger partial charge in [-0.3, -0.25) is 4.79 Å². The predicted octanol–water partition coefficient (Wildman–Crippen LogP) is 3.24. The van der Waals surface area contributed by atoms with E-state index in [4.69, 9.17) is 11.6 Å². The molecule has 1 aliphatic heterocycles. The number of anilines is 1. The molecule has 0 bridgehead atoms. The second-order valence-corrected chi connectivity index (χ2v) is 5.33. The summed E-state index contributed by atoms with van der Waals surface area (Å²) < 4.78 is 13.8. The molecule has 1 amide bonds. The molecule has 86 valence electrons. The number of hydrogen-bond acceptors (Lipinski definition) is 1. The van der Waals surface area contributed by atoms with Crippen molar-refractivity contribution >= 4 is 39.1 Å². The van der Waals surface area contributed by atoms with Gasteiger partial charge in [0.1, 0.15) is 5.82 Å². The Kier molecular flexibility index (Phi) is 3.22. The third-order valence-corrected chi connectivity index (χ3v) is 3.51. The van der Waals surface area contributed by atoms with E-state index >= 15 is 0 Å². The quantitative estimate of drug-likeness (QED) is 0.729. The summed E-state index contributed by atoms with van der Waals surface area (Å²) in [6.07, 6.45) is 0.318. The maximum absolute atomic E-state index is 13.4. The lowest BCUT2D eigenvalue weighted by Crippen LogP contribution is -2.25. The van der Waals surface area contributed by atoms with Crippen molar-refractivity contribution in [2.45, 2.75) is 18.7 Å². The van der Waals surface area contributed by atoms with E-state index in [1.807, 2.05) is 6.92 Å². The van der Waals surface area contributed by atoms with Crippen molar-refractivity contribution in [3.8, 4) is 0 Å². The smallest absolute Gasteiger partial charge is 0.228 e. The van der Waals surface area contributed by atoms with Crippen LogP contribution in [0.2, 0.25) is 0 Å². The lowest BCUT2D eigenvalue weighted by Gasteiger charge is -2.18. The molecule has 1 saturated heterocycles. The van der Waals surface area contributed by atoms with Gasteiger partial charge in [-0.2, -0.15) is 0 Å². The van der Waals surface area contributed by atoms with E-state index in [2.05, 4.69) is 15.9 Å². The molecule has 0 radical (unpaired) electrons. The van der Waals surface area contributed by atoms with Gasteiger partial charge in [0.2, 0.25) is 5.91 Å². The minimum absolute atomic E-state index is 0.0511. The van der Waals surface area contributed by atoms with Crippen molar-refractivity contribution in [1.82, 2.24) is 0 Å². The van der Waals surface area contributed by atoms with Crippen LogP contribution in [-0.4, -0.2) is 17.8 Å². The average Bonchev–Trinajstić information content (AvgIpc) is 2.51. The normalized spacial score (nSPS) is 20.6. The molecule has 5 heteroatoms. The summed E-state index contributed by atoms with van der Waals surface area (Å²) in [6, 6.07) is 3.03. The Bertz CT molecular complexity index is 452. The van der Waals surface area contributed by atoms with Gasteiger partial charge in [-0.25, -0.2) is 4.39 Å². The van der Waals surface area contributed by atoms with Crippen molar-refractivity contribution in [1.29, 1.82) is 0 Å². The summed E-state index contributed by atoms with van der Waals surface area (Å²) in [5, 5.41) is -0.182. The monoisotopic (exact) mass is 305 g/mol. The van der Waals surface area contributed by atoms with Gasteiger partial charge in [0.25, 0.3) is 0 Å². The van der Waals surface area contributed by atoms with Crippen LogP contribution in [0.15, 0.2) is 16.6 Å². The highest BCUT2D eigenvalue weighted by molar-refractivity contribution is 9.10. The molecule has 16 heavy (non-hydrogen) atoms. The fourth-order valence-electron chi connectivity index (χ4n) is 1.82. The van der Waals surface area contributed by atoms with Crippen LogP contribution in [0, 0.1) is 12.7 Å². The zero-order valence-corrected chi connectivity index (χ0v) is 11.0. The highest BCUT2D eigenvalue weighted by Gasteiger charge is 2.30. The number of aryl methyl sites for hydroxylation is 1. The van der Waals surface area contributed by atoms with E-state index in [0.29, 0.717) is 23.1 Å². The van der Waals surface area contributed by atoms with Crippen molar-refractivity contribution < 1.29 is 9.18 Å². The zero-order valence-electron chi connectivity index (χ0n) is 8.64. The number of alkyl halides is 1. The lowest BCUT2D eigenvalue weighted by atomic mass is 10.2. The van der Waals surface area contributed by atoms with Crippen molar-refractivity contribution in [3.63, 3.8) is 0 Å². The number of benzene rings is 1. The Hall–Kier alpha value is -0.610. The van der Waals surface area contributed by atoms with Gasteiger partial charge < -0.3 is 4.90 Å². The number of halogens is 3. The number of hydrogen-bond donors (Lipinski definition) is 0.